The molecular formula is C13H14ClNO2. The summed E-state index contributed by atoms with van der Waals surface area (Å²) in [5.74, 6) is 0.0976. The number of carbonyl (C=O) groups is 1. The molecule has 0 aliphatic heterocycles. The third-order valence-corrected chi connectivity index (χ3v) is 3.16. The van der Waals surface area contributed by atoms with E-state index in [-0.39, 0.29) is 17.6 Å². The third kappa shape index (κ3) is 3.01. The Labute approximate surface area is 105 Å². The van der Waals surface area contributed by atoms with E-state index in [1.165, 1.54) is 12.1 Å². The average Bonchev–Trinajstić information content (AvgIpc) is 2.34. The Balaban J connectivity index is 2.05. The van der Waals surface area contributed by atoms with E-state index >= 15 is 0 Å². The molecule has 1 aliphatic carbocycles. The zero-order valence-corrected chi connectivity index (χ0v) is 10.1. The quantitative estimate of drug-likeness (QED) is 0.626. The first-order valence-corrected chi connectivity index (χ1v) is 5.99. The minimum absolute atomic E-state index is 0.0121. The van der Waals surface area contributed by atoms with Gasteiger partial charge in [0.2, 0.25) is 5.91 Å². The number of nitrogens with one attached hydrogen (secondary N) is 1. The summed E-state index contributed by atoms with van der Waals surface area (Å²) in [6, 6.07) is 4.52. The summed E-state index contributed by atoms with van der Waals surface area (Å²) >= 11 is 5.92. The van der Waals surface area contributed by atoms with Gasteiger partial charge in [0.05, 0.1) is 10.7 Å². The number of amides is 1. The van der Waals surface area contributed by atoms with Crippen LogP contribution in [0.4, 0.5) is 5.69 Å². The largest absolute Gasteiger partial charge is 0.508 e. The van der Waals surface area contributed by atoms with Crippen LogP contribution < -0.4 is 5.32 Å². The van der Waals surface area contributed by atoms with Crippen LogP contribution in [-0.2, 0) is 4.79 Å². The molecule has 2 N–H and O–H groups in total. The first-order chi connectivity index (χ1) is 8.16. The van der Waals surface area contributed by atoms with Gasteiger partial charge < -0.3 is 10.4 Å². The molecule has 3 nitrogen and oxygen atoms in total. The summed E-state index contributed by atoms with van der Waals surface area (Å²) in [7, 11) is 0. The highest BCUT2D eigenvalue weighted by Crippen LogP contribution is 2.27. The highest BCUT2D eigenvalue weighted by Gasteiger charge is 2.19. The molecule has 17 heavy (non-hydrogen) atoms. The highest BCUT2D eigenvalue weighted by molar-refractivity contribution is 6.33. The van der Waals surface area contributed by atoms with Gasteiger partial charge in [0.25, 0.3) is 0 Å². The van der Waals surface area contributed by atoms with Crippen molar-refractivity contribution in [2.24, 2.45) is 5.92 Å². The summed E-state index contributed by atoms with van der Waals surface area (Å²) in [5.41, 5.74) is 0.545. The normalized spacial score (nSPS) is 19.0. The number of carbonyl (C=O) groups excluding carboxylic acids is 1. The molecule has 0 radical (unpaired) electrons. The summed E-state index contributed by atoms with van der Waals surface area (Å²) in [5, 5.41) is 12.4. The lowest BCUT2D eigenvalue weighted by molar-refractivity contribution is -0.120. The smallest absolute Gasteiger partial charge is 0.227 e. The zero-order valence-electron chi connectivity index (χ0n) is 9.32. The fourth-order valence-corrected chi connectivity index (χ4v) is 2.09. The predicted octanol–water partition coefficient (Wildman–Crippen LogP) is 3.34. The lowest BCUT2D eigenvalue weighted by Crippen LogP contribution is -2.23. The van der Waals surface area contributed by atoms with E-state index in [4.69, 9.17) is 11.6 Å². The molecule has 1 amide bonds. The van der Waals surface area contributed by atoms with Crippen LogP contribution in [-0.4, -0.2) is 11.0 Å². The predicted molar refractivity (Wildman–Crippen MR) is 68.2 cm³/mol. The van der Waals surface area contributed by atoms with Crippen LogP contribution in [0.25, 0.3) is 0 Å². The zero-order chi connectivity index (χ0) is 12.3. The molecule has 2 rings (SSSR count). The molecule has 1 aromatic carbocycles. The van der Waals surface area contributed by atoms with Gasteiger partial charge in [-0.1, -0.05) is 23.8 Å². The van der Waals surface area contributed by atoms with E-state index in [1.807, 2.05) is 6.08 Å². The summed E-state index contributed by atoms with van der Waals surface area (Å²) in [4.78, 5) is 11.9. The monoisotopic (exact) mass is 251 g/mol. The molecule has 1 unspecified atom stereocenters. The summed E-state index contributed by atoms with van der Waals surface area (Å²) in [6.07, 6.45) is 6.73. The van der Waals surface area contributed by atoms with E-state index in [9.17, 15) is 9.90 Å². The van der Waals surface area contributed by atoms with Crippen molar-refractivity contribution in [2.45, 2.75) is 19.3 Å². The highest BCUT2D eigenvalue weighted by atomic mass is 35.5. The second kappa shape index (κ2) is 5.23. The van der Waals surface area contributed by atoms with Crippen molar-refractivity contribution in [1.82, 2.24) is 0 Å². The van der Waals surface area contributed by atoms with E-state index in [0.717, 1.165) is 19.3 Å². The number of hydrogen-bond donors (Lipinski definition) is 2. The number of halogens is 1. The number of benzene rings is 1. The number of hydrogen-bond acceptors (Lipinski definition) is 2. The molecule has 0 fully saturated rings. The molecule has 0 bridgehead atoms. The second-order valence-corrected chi connectivity index (χ2v) is 4.54. The maximum absolute atomic E-state index is 11.9. The molecule has 4 heteroatoms. The van der Waals surface area contributed by atoms with Crippen LogP contribution in [0.1, 0.15) is 19.3 Å². The summed E-state index contributed by atoms with van der Waals surface area (Å²) < 4.78 is 0. The van der Waals surface area contributed by atoms with Crippen molar-refractivity contribution in [3.63, 3.8) is 0 Å². The molecular weight excluding hydrogens is 238 g/mol. The van der Waals surface area contributed by atoms with Crippen molar-refractivity contribution in [3.8, 4) is 5.75 Å². The first-order valence-electron chi connectivity index (χ1n) is 5.61. The molecule has 1 aliphatic rings. The van der Waals surface area contributed by atoms with Crippen molar-refractivity contribution < 1.29 is 9.90 Å². The van der Waals surface area contributed by atoms with Crippen LogP contribution in [0.2, 0.25) is 5.02 Å². The molecule has 90 valence electrons. The summed E-state index contributed by atoms with van der Waals surface area (Å²) in [6.45, 7) is 0. The van der Waals surface area contributed by atoms with E-state index in [1.54, 1.807) is 6.07 Å². The molecule has 0 spiro atoms. The van der Waals surface area contributed by atoms with Crippen LogP contribution in [0.15, 0.2) is 30.4 Å². The standard InChI is InChI=1S/C13H14ClNO2/c14-11-8-10(16)6-7-12(11)15-13(17)9-4-2-1-3-5-9/h1-2,6-9,16H,3-5H2,(H,15,17). The van der Waals surface area contributed by atoms with Gasteiger partial charge in [-0.2, -0.15) is 0 Å². The molecule has 0 heterocycles. The minimum Gasteiger partial charge on any atom is -0.508 e. The van der Waals surface area contributed by atoms with Crippen LogP contribution in [0, 0.1) is 5.92 Å². The number of allylic oxidation sites excluding steroid dienone is 2. The number of aromatic hydroxyl groups is 1. The SMILES string of the molecule is O=C(Nc1ccc(O)cc1Cl)C1CC=CCC1. The number of rotatable bonds is 2. The average molecular weight is 252 g/mol. The lowest BCUT2D eigenvalue weighted by atomic mass is 9.93. The second-order valence-electron chi connectivity index (χ2n) is 4.13. The van der Waals surface area contributed by atoms with E-state index in [0.29, 0.717) is 10.7 Å². The number of phenolic OH excluding ortho intramolecular Hbond substituents is 1. The molecule has 0 saturated carbocycles. The van der Waals surface area contributed by atoms with Crippen LogP contribution in [0.5, 0.6) is 5.75 Å². The number of anilines is 1. The van der Waals surface area contributed by atoms with Crippen molar-refractivity contribution >= 4 is 23.2 Å². The Kier molecular flexibility index (Phi) is 3.69. The molecule has 0 aromatic heterocycles. The molecule has 0 saturated heterocycles. The Morgan fingerprint density at radius 2 is 2.24 bits per heavy atom. The van der Waals surface area contributed by atoms with Gasteiger partial charge in [0, 0.05) is 12.0 Å². The van der Waals surface area contributed by atoms with Gasteiger partial charge >= 0.3 is 0 Å². The lowest BCUT2D eigenvalue weighted by Gasteiger charge is -2.17. The van der Waals surface area contributed by atoms with Gasteiger partial charge in [-0.3, -0.25) is 4.79 Å². The van der Waals surface area contributed by atoms with Gasteiger partial charge in [0.1, 0.15) is 5.75 Å². The van der Waals surface area contributed by atoms with Crippen LogP contribution in [0.3, 0.4) is 0 Å². The van der Waals surface area contributed by atoms with Gasteiger partial charge in [-0.25, -0.2) is 0 Å². The van der Waals surface area contributed by atoms with E-state index in [2.05, 4.69) is 11.4 Å². The van der Waals surface area contributed by atoms with Crippen molar-refractivity contribution in [2.75, 3.05) is 5.32 Å². The van der Waals surface area contributed by atoms with Gasteiger partial charge in [-0.15, -0.1) is 0 Å². The maximum atomic E-state index is 11.9. The van der Waals surface area contributed by atoms with Gasteiger partial charge in [-0.05, 0) is 31.4 Å². The van der Waals surface area contributed by atoms with Gasteiger partial charge in [0.15, 0.2) is 0 Å². The Morgan fingerprint density at radius 1 is 1.41 bits per heavy atom. The topological polar surface area (TPSA) is 49.3 Å². The maximum Gasteiger partial charge on any atom is 0.227 e. The molecule has 1 atom stereocenters. The number of phenols is 1. The Hall–Kier alpha value is -1.48. The Morgan fingerprint density at radius 3 is 2.88 bits per heavy atom. The van der Waals surface area contributed by atoms with Crippen molar-refractivity contribution in [1.29, 1.82) is 0 Å². The van der Waals surface area contributed by atoms with Crippen LogP contribution >= 0.6 is 11.6 Å². The Bertz CT molecular complexity index is 457. The van der Waals surface area contributed by atoms with Crippen molar-refractivity contribution in [3.05, 3.63) is 35.4 Å². The molecule has 1 aromatic rings. The third-order valence-electron chi connectivity index (χ3n) is 2.85. The fraction of sp³-hybridized carbons (Fsp3) is 0.308. The minimum atomic E-state index is -0.0121. The van der Waals surface area contributed by atoms with E-state index < -0.39 is 0 Å². The first kappa shape index (κ1) is 12.0. The fourth-order valence-electron chi connectivity index (χ4n) is 1.87.